The summed E-state index contributed by atoms with van der Waals surface area (Å²) in [6, 6.07) is 4.25. The van der Waals surface area contributed by atoms with E-state index in [0.29, 0.717) is 12.6 Å². The van der Waals surface area contributed by atoms with E-state index in [4.69, 9.17) is 0 Å². The first-order valence-electron chi connectivity index (χ1n) is 5.91. The van der Waals surface area contributed by atoms with Gasteiger partial charge in [0.1, 0.15) is 11.5 Å². The SMILES string of the molecule is CC(C)N(C)CCNC(=O)c1cc(O)cc(O)c1. The number of aromatic hydroxyl groups is 2. The van der Waals surface area contributed by atoms with Gasteiger partial charge in [-0.1, -0.05) is 0 Å². The van der Waals surface area contributed by atoms with E-state index in [1.165, 1.54) is 18.2 Å². The molecule has 0 aliphatic rings. The van der Waals surface area contributed by atoms with Crippen LogP contribution in [0.2, 0.25) is 0 Å². The summed E-state index contributed by atoms with van der Waals surface area (Å²) in [4.78, 5) is 13.9. The standard InChI is InChI=1S/C13H20N2O3/c1-9(2)15(3)5-4-14-13(18)10-6-11(16)8-12(17)7-10/h6-9,16-17H,4-5H2,1-3H3,(H,14,18). The molecular formula is C13H20N2O3. The molecule has 1 aromatic carbocycles. The van der Waals surface area contributed by atoms with Gasteiger partial charge in [0.05, 0.1) is 0 Å². The highest BCUT2D eigenvalue weighted by Crippen LogP contribution is 2.20. The molecule has 0 atom stereocenters. The van der Waals surface area contributed by atoms with Crippen molar-refractivity contribution in [3.63, 3.8) is 0 Å². The molecule has 1 aromatic rings. The molecule has 0 spiro atoms. The molecule has 0 aliphatic carbocycles. The fourth-order valence-electron chi connectivity index (χ4n) is 1.43. The Bertz CT molecular complexity index is 398. The van der Waals surface area contributed by atoms with Gasteiger partial charge in [0.25, 0.3) is 5.91 Å². The second-order valence-electron chi connectivity index (χ2n) is 4.57. The Balaban J connectivity index is 2.50. The van der Waals surface area contributed by atoms with Crippen molar-refractivity contribution in [2.24, 2.45) is 0 Å². The van der Waals surface area contributed by atoms with Crippen LogP contribution in [0.15, 0.2) is 18.2 Å². The zero-order valence-corrected chi connectivity index (χ0v) is 11.0. The summed E-state index contributed by atoms with van der Waals surface area (Å²) >= 11 is 0. The number of phenolic OH excluding ortho intramolecular Hbond substituents is 2. The van der Waals surface area contributed by atoms with E-state index in [0.717, 1.165) is 6.54 Å². The first-order chi connectivity index (χ1) is 8.40. The van der Waals surface area contributed by atoms with Gasteiger partial charge in [-0.3, -0.25) is 4.79 Å². The Labute approximate surface area is 107 Å². The van der Waals surface area contributed by atoms with Gasteiger partial charge in [0.2, 0.25) is 0 Å². The third kappa shape index (κ3) is 4.25. The van der Waals surface area contributed by atoms with Crippen molar-refractivity contribution < 1.29 is 15.0 Å². The van der Waals surface area contributed by atoms with E-state index in [1.54, 1.807) is 0 Å². The lowest BCUT2D eigenvalue weighted by atomic mass is 10.2. The molecule has 0 unspecified atom stereocenters. The van der Waals surface area contributed by atoms with Crippen LogP contribution in [0.25, 0.3) is 0 Å². The molecule has 5 heteroatoms. The predicted molar refractivity (Wildman–Crippen MR) is 69.9 cm³/mol. The number of nitrogens with one attached hydrogen (secondary N) is 1. The minimum atomic E-state index is -0.307. The molecule has 0 heterocycles. The van der Waals surface area contributed by atoms with Gasteiger partial charge in [-0.25, -0.2) is 0 Å². The minimum absolute atomic E-state index is 0.126. The van der Waals surface area contributed by atoms with Crippen molar-refractivity contribution in [1.82, 2.24) is 10.2 Å². The minimum Gasteiger partial charge on any atom is -0.508 e. The summed E-state index contributed by atoms with van der Waals surface area (Å²) in [7, 11) is 1.98. The predicted octanol–water partition coefficient (Wildman–Crippen LogP) is 1.17. The van der Waals surface area contributed by atoms with Crippen LogP contribution in [0.1, 0.15) is 24.2 Å². The lowest BCUT2D eigenvalue weighted by Crippen LogP contribution is -2.36. The van der Waals surface area contributed by atoms with Crippen LogP contribution < -0.4 is 5.32 Å². The van der Waals surface area contributed by atoms with Crippen LogP contribution in [-0.2, 0) is 0 Å². The van der Waals surface area contributed by atoms with E-state index in [1.807, 2.05) is 7.05 Å². The topological polar surface area (TPSA) is 72.8 Å². The van der Waals surface area contributed by atoms with E-state index < -0.39 is 0 Å². The van der Waals surface area contributed by atoms with E-state index in [2.05, 4.69) is 24.1 Å². The lowest BCUT2D eigenvalue weighted by molar-refractivity contribution is 0.0947. The molecule has 0 aliphatic heterocycles. The highest BCUT2D eigenvalue weighted by Gasteiger charge is 2.09. The number of hydrogen-bond donors (Lipinski definition) is 3. The fraction of sp³-hybridized carbons (Fsp3) is 0.462. The van der Waals surface area contributed by atoms with Crippen molar-refractivity contribution in [2.45, 2.75) is 19.9 Å². The normalized spacial score (nSPS) is 10.9. The average Bonchev–Trinajstić information content (AvgIpc) is 2.27. The summed E-state index contributed by atoms with van der Waals surface area (Å²) in [5.41, 5.74) is 0.250. The third-order valence-electron chi connectivity index (χ3n) is 2.80. The summed E-state index contributed by atoms with van der Waals surface area (Å²) in [6.07, 6.45) is 0. The Kier molecular flexibility index (Phi) is 4.97. The molecule has 18 heavy (non-hydrogen) atoms. The van der Waals surface area contributed by atoms with Crippen LogP contribution in [-0.4, -0.2) is 47.2 Å². The molecule has 5 nitrogen and oxygen atoms in total. The number of hydrogen-bond acceptors (Lipinski definition) is 4. The number of benzene rings is 1. The molecule has 1 rings (SSSR count). The van der Waals surface area contributed by atoms with Crippen LogP contribution in [0.4, 0.5) is 0 Å². The smallest absolute Gasteiger partial charge is 0.251 e. The largest absolute Gasteiger partial charge is 0.508 e. The van der Waals surface area contributed by atoms with Gasteiger partial charge in [-0.15, -0.1) is 0 Å². The van der Waals surface area contributed by atoms with Gasteiger partial charge >= 0.3 is 0 Å². The first kappa shape index (κ1) is 14.3. The number of carbonyl (C=O) groups excluding carboxylic acids is 1. The molecule has 1 amide bonds. The van der Waals surface area contributed by atoms with Crippen LogP contribution in [0, 0.1) is 0 Å². The monoisotopic (exact) mass is 252 g/mol. The van der Waals surface area contributed by atoms with E-state index >= 15 is 0 Å². The van der Waals surface area contributed by atoms with Crippen molar-refractivity contribution >= 4 is 5.91 Å². The van der Waals surface area contributed by atoms with Crippen LogP contribution in [0.3, 0.4) is 0 Å². The maximum atomic E-state index is 11.7. The number of carbonyl (C=O) groups is 1. The number of nitrogens with zero attached hydrogens (tertiary/aromatic N) is 1. The van der Waals surface area contributed by atoms with Gasteiger partial charge in [-0.05, 0) is 33.0 Å². The molecule has 0 saturated heterocycles. The zero-order chi connectivity index (χ0) is 13.7. The molecule has 3 N–H and O–H groups in total. The summed E-state index contributed by atoms with van der Waals surface area (Å²) in [5.74, 6) is -0.558. The van der Waals surface area contributed by atoms with Gasteiger partial charge in [0.15, 0.2) is 0 Å². The molecule has 0 saturated carbocycles. The number of amides is 1. The van der Waals surface area contributed by atoms with Crippen molar-refractivity contribution in [2.75, 3.05) is 20.1 Å². The molecule has 0 fully saturated rings. The maximum absolute atomic E-state index is 11.7. The lowest BCUT2D eigenvalue weighted by Gasteiger charge is -2.20. The molecule has 0 aromatic heterocycles. The van der Waals surface area contributed by atoms with Gasteiger partial charge in [0, 0.05) is 30.8 Å². The van der Waals surface area contributed by atoms with Crippen molar-refractivity contribution in [3.05, 3.63) is 23.8 Å². The fourth-order valence-corrected chi connectivity index (χ4v) is 1.43. The highest BCUT2D eigenvalue weighted by molar-refractivity contribution is 5.95. The summed E-state index contributed by atoms with van der Waals surface area (Å²) in [5, 5.41) is 21.3. The van der Waals surface area contributed by atoms with E-state index in [-0.39, 0.29) is 23.0 Å². The second-order valence-corrected chi connectivity index (χ2v) is 4.57. The van der Waals surface area contributed by atoms with Gasteiger partial charge < -0.3 is 20.4 Å². The number of phenols is 2. The Morgan fingerprint density at radius 3 is 2.33 bits per heavy atom. The Morgan fingerprint density at radius 1 is 1.28 bits per heavy atom. The molecule has 0 bridgehead atoms. The van der Waals surface area contributed by atoms with E-state index in [9.17, 15) is 15.0 Å². The quantitative estimate of drug-likeness (QED) is 0.735. The maximum Gasteiger partial charge on any atom is 0.251 e. The summed E-state index contributed by atoms with van der Waals surface area (Å²) in [6.45, 7) is 5.42. The first-order valence-corrected chi connectivity index (χ1v) is 5.91. The van der Waals surface area contributed by atoms with Crippen LogP contribution in [0.5, 0.6) is 11.5 Å². The number of likely N-dealkylation sites (N-methyl/N-ethyl adjacent to an activating group) is 1. The Hall–Kier alpha value is -1.75. The average molecular weight is 252 g/mol. The third-order valence-corrected chi connectivity index (χ3v) is 2.80. The molecule has 0 radical (unpaired) electrons. The zero-order valence-electron chi connectivity index (χ0n) is 11.0. The van der Waals surface area contributed by atoms with Crippen molar-refractivity contribution in [1.29, 1.82) is 0 Å². The molecular weight excluding hydrogens is 232 g/mol. The highest BCUT2D eigenvalue weighted by atomic mass is 16.3. The second kappa shape index (κ2) is 6.26. The summed E-state index contributed by atoms with van der Waals surface area (Å²) < 4.78 is 0. The van der Waals surface area contributed by atoms with Crippen molar-refractivity contribution in [3.8, 4) is 11.5 Å². The molecule has 100 valence electrons. The van der Waals surface area contributed by atoms with Crippen LogP contribution >= 0.6 is 0 Å². The van der Waals surface area contributed by atoms with Gasteiger partial charge in [-0.2, -0.15) is 0 Å². The Morgan fingerprint density at radius 2 is 1.83 bits per heavy atom. The number of rotatable bonds is 5.